The molecule has 0 saturated carbocycles. The fourth-order valence-electron chi connectivity index (χ4n) is 7.43. The van der Waals surface area contributed by atoms with Crippen LogP contribution in [0.1, 0.15) is 0 Å². The molecule has 0 saturated heterocycles. The first kappa shape index (κ1) is 24.7. The van der Waals surface area contributed by atoms with Crippen molar-refractivity contribution in [1.29, 1.82) is 0 Å². The van der Waals surface area contributed by atoms with E-state index >= 15 is 0 Å². The summed E-state index contributed by atoms with van der Waals surface area (Å²) >= 11 is -1.84. The van der Waals surface area contributed by atoms with Gasteiger partial charge in [0.15, 0.2) is 0 Å². The Morgan fingerprint density at radius 3 is 0.871 bits per heavy atom. The van der Waals surface area contributed by atoms with Gasteiger partial charge in [0, 0.05) is 0 Å². The Hall–Kier alpha value is -0.891. The fraction of sp³-hybridized carbons (Fsp3) is 0.333. The van der Waals surface area contributed by atoms with E-state index in [4.69, 9.17) is 0 Å². The van der Waals surface area contributed by atoms with Crippen molar-refractivity contribution in [2.24, 2.45) is 0 Å². The van der Waals surface area contributed by atoms with Gasteiger partial charge in [-0.3, -0.25) is 0 Å². The molecule has 0 bridgehead atoms. The van der Waals surface area contributed by atoms with Gasteiger partial charge in [-0.1, -0.05) is 0 Å². The Balaban J connectivity index is 2.45. The number of rotatable bonds is 7. The average Bonchev–Trinajstić information content (AvgIpc) is 2.75. The SMILES string of the molecule is [CH3][Sn]([CH3])[C]([Si](C)(C)c1ccccc1)([Si](C)(C)c1ccccc1)[Si](C)(C)c1ccccc1. The molecule has 163 valence electrons. The van der Waals surface area contributed by atoms with Gasteiger partial charge in [-0.05, 0) is 0 Å². The Bertz CT molecular complexity index is 856. The summed E-state index contributed by atoms with van der Waals surface area (Å²) in [4.78, 5) is 5.46. The van der Waals surface area contributed by atoms with Crippen LogP contribution in [0.3, 0.4) is 0 Å². The molecule has 4 heteroatoms. The summed E-state index contributed by atoms with van der Waals surface area (Å²) in [6.45, 7) is 16.4. The van der Waals surface area contributed by atoms with Crippen LogP contribution in [0.15, 0.2) is 91.0 Å². The van der Waals surface area contributed by atoms with Crippen LogP contribution < -0.4 is 15.6 Å². The summed E-state index contributed by atoms with van der Waals surface area (Å²) in [5.74, 6) is 0. The summed E-state index contributed by atoms with van der Waals surface area (Å²) in [7, 11) is -5.54. The molecule has 0 fully saturated rings. The van der Waals surface area contributed by atoms with Gasteiger partial charge in [-0.25, -0.2) is 0 Å². The Morgan fingerprint density at radius 1 is 0.452 bits per heavy atom. The number of hydrogen-bond acceptors (Lipinski definition) is 0. The molecule has 0 amide bonds. The van der Waals surface area contributed by atoms with Crippen molar-refractivity contribution in [1.82, 2.24) is 0 Å². The van der Waals surface area contributed by atoms with E-state index in [9.17, 15) is 0 Å². The molecule has 0 aliphatic carbocycles. The molecule has 0 nitrogen and oxygen atoms in total. The maximum atomic E-state index is 2.73. The molecule has 0 unspecified atom stereocenters. The molecule has 0 N–H and O–H groups in total. The van der Waals surface area contributed by atoms with E-state index in [1.807, 2.05) is 0 Å². The van der Waals surface area contributed by atoms with Crippen molar-refractivity contribution in [3.63, 3.8) is 0 Å². The van der Waals surface area contributed by atoms with Crippen LogP contribution >= 0.6 is 0 Å². The Kier molecular flexibility index (Phi) is 7.31. The van der Waals surface area contributed by atoms with Gasteiger partial charge in [-0.15, -0.1) is 0 Å². The van der Waals surface area contributed by atoms with E-state index in [1.54, 1.807) is 15.6 Å². The van der Waals surface area contributed by atoms with E-state index in [2.05, 4.69) is 140 Å². The summed E-state index contributed by atoms with van der Waals surface area (Å²) in [5.41, 5.74) is 0. The molecule has 3 rings (SSSR count). The molecule has 0 heterocycles. The molecule has 0 aliphatic heterocycles. The van der Waals surface area contributed by atoms with Crippen LogP contribution in [0.2, 0.25) is 51.5 Å². The predicted molar refractivity (Wildman–Crippen MR) is 151 cm³/mol. The minimum absolute atomic E-state index is 0.513. The van der Waals surface area contributed by atoms with Gasteiger partial charge < -0.3 is 0 Å². The first-order valence-corrected chi connectivity index (χ1v) is 27.6. The molecule has 3 aromatic carbocycles. The second kappa shape index (κ2) is 9.16. The summed E-state index contributed by atoms with van der Waals surface area (Å²) < 4.78 is 0.513. The van der Waals surface area contributed by atoms with Crippen molar-refractivity contribution in [2.75, 3.05) is 0 Å². The molecule has 0 spiro atoms. The standard InChI is InChI=1S/C25H33Si3.2CH3.Sn/c1-26(2,22-16-10-7-11-17-22)25(27(3,4)23-18-12-8-13-19-23)28(5,6)24-20-14-9-15-21-24;;;/h7-21H,1-6H3;2*1H3;. The predicted octanol–water partition coefficient (Wildman–Crippen LogP) is 5.95. The van der Waals surface area contributed by atoms with Crippen LogP contribution in [0.25, 0.3) is 0 Å². The van der Waals surface area contributed by atoms with E-state index in [-0.39, 0.29) is 0 Å². The molecule has 0 aliphatic rings. The van der Waals surface area contributed by atoms with Crippen molar-refractivity contribution in [2.45, 2.75) is 51.5 Å². The van der Waals surface area contributed by atoms with Crippen LogP contribution in [0.5, 0.6) is 0 Å². The van der Waals surface area contributed by atoms with Gasteiger partial charge in [0.2, 0.25) is 0 Å². The maximum absolute atomic E-state index is 2.73. The van der Waals surface area contributed by atoms with Gasteiger partial charge in [0.25, 0.3) is 0 Å². The molecular formula is C27H39Si3Sn. The Labute approximate surface area is 200 Å². The third kappa shape index (κ3) is 3.90. The van der Waals surface area contributed by atoms with E-state index in [1.165, 1.54) is 0 Å². The second-order valence-electron chi connectivity index (χ2n) is 10.7. The van der Waals surface area contributed by atoms with Crippen LogP contribution in [0.4, 0.5) is 0 Å². The first-order chi connectivity index (χ1) is 14.5. The molecule has 1 radical (unpaired) electrons. The van der Waals surface area contributed by atoms with Gasteiger partial charge >= 0.3 is 202 Å². The average molecular weight is 567 g/mol. The zero-order valence-corrected chi connectivity index (χ0v) is 26.5. The van der Waals surface area contributed by atoms with Gasteiger partial charge in [0.05, 0.1) is 0 Å². The topological polar surface area (TPSA) is 0 Å². The second-order valence-corrected chi connectivity index (χ2v) is 38.1. The molecule has 31 heavy (non-hydrogen) atoms. The van der Waals surface area contributed by atoms with E-state index in [0.717, 1.165) is 0 Å². The van der Waals surface area contributed by atoms with Crippen LogP contribution in [0, 0.1) is 0 Å². The molecule has 3 aromatic rings. The van der Waals surface area contributed by atoms with Crippen molar-refractivity contribution >= 4 is 59.5 Å². The zero-order valence-electron chi connectivity index (χ0n) is 20.7. The zero-order chi connectivity index (χ0) is 22.9. The fourth-order valence-corrected chi connectivity index (χ4v) is 72.7. The molecule has 0 aromatic heterocycles. The summed E-state index contributed by atoms with van der Waals surface area (Å²) in [5, 5.41) is 4.97. The first-order valence-electron chi connectivity index (χ1n) is 11.5. The van der Waals surface area contributed by atoms with E-state index in [0.29, 0.717) is 2.30 Å². The third-order valence-electron chi connectivity index (χ3n) is 8.05. The molecular weight excluding hydrogens is 527 g/mol. The van der Waals surface area contributed by atoms with Crippen LogP contribution in [-0.2, 0) is 0 Å². The monoisotopic (exact) mass is 567 g/mol. The van der Waals surface area contributed by atoms with Gasteiger partial charge in [-0.2, -0.15) is 0 Å². The van der Waals surface area contributed by atoms with Crippen molar-refractivity contribution < 1.29 is 0 Å². The molecule has 0 atom stereocenters. The third-order valence-corrected chi connectivity index (χ3v) is 60.7. The normalized spacial score (nSPS) is 13.5. The summed E-state index contributed by atoms with van der Waals surface area (Å²) in [6.07, 6.45) is 0. The van der Waals surface area contributed by atoms with Crippen molar-refractivity contribution in [3.8, 4) is 0 Å². The minimum atomic E-state index is -1.85. The van der Waals surface area contributed by atoms with Crippen molar-refractivity contribution in [3.05, 3.63) is 91.0 Å². The quantitative estimate of drug-likeness (QED) is 0.311. The van der Waals surface area contributed by atoms with Crippen LogP contribution in [-0.4, -0.2) is 44.0 Å². The summed E-state index contributed by atoms with van der Waals surface area (Å²) in [6, 6.07) is 35.0. The Morgan fingerprint density at radius 2 is 0.677 bits per heavy atom. The number of hydrogen-bond donors (Lipinski definition) is 0. The van der Waals surface area contributed by atoms with E-state index < -0.39 is 44.0 Å². The van der Waals surface area contributed by atoms with Gasteiger partial charge in [0.1, 0.15) is 0 Å². The number of benzene rings is 3.